The predicted octanol–water partition coefficient (Wildman–Crippen LogP) is 6.62. The Morgan fingerprint density at radius 2 is 1.87 bits per heavy atom. The van der Waals surface area contributed by atoms with E-state index in [9.17, 15) is 4.39 Å². The summed E-state index contributed by atoms with van der Waals surface area (Å²) in [6, 6.07) is 15.2. The Morgan fingerprint density at radius 3 is 2.65 bits per heavy atom. The number of aromatic nitrogens is 2. The third-order valence-corrected chi connectivity index (χ3v) is 6.94. The van der Waals surface area contributed by atoms with Crippen molar-refractivity contribution >= 4 is 28.3 Å². The fourth-order valence-corrected chi connectivity index (χ4v) is 5.01. The number of benzene rings is 2. The highest BCUT2D eigenvalue weighted by Gasteiger charge is 2.28. The fraction of sp³-hybridized carbons (Fsp3) is 0.269. The van der Waals surface area contributed by atoms with Crippen molar-refractivity contribution in [2.45, 2.75) is 39.8 Å². The molecular formula is C26H25ClFN3. The topological polar surface area (TPSA) is 21.1 Å². The van der Waals surface area contributed by atoms with Gasteiger partial charge in [-0.05, 0) is 79.8 Å². The van der Waals surface area contributed by atoms with Gasteiger partial charge < -0.3 is 9.47 Å². The Kier molecular flexibility index (Phi) is 4.98. The molecule has 1 aliphatic heterocycles. The maximum Gasteiger partial charge on any atom is 0.153 e. The summed E-state index contributed by atoms with van der Waals surface area (Å²) in [4.78, 5) is 7.25. The molecule has 3 heterocycles. The van der Waals surface area contributed by atoms with Crippen LogP contribution in [0.1, 0.15) is 40.9 Å². The molecule has 2 aromatic heterocycles. The van der Waals surface area contributed by atoms with Gasteiger partial charge in [0.2, 0.25) is 0 Å². The van der Waals surface area contributed by atoms with Crippen molar-refractivity contribution in [2.75, 3.05) is 11.4 Å². The van der Waals surface area contributed by atoms with E-state index in [1.165, 1.54) is 39.9 Å². The van der Waals surface area contributed by atoms with Crippen molar-refractivity contribution in [1.29, 1.82) is 0 Å². The minimum Gasteiger partial charge on any atom is -0.348 e. The molecule has 4 aromatic rings. The zero-order chi connectivity index (χ0) is 21.7. The molecule has 0 N–H and O–H groups in total. The first-order chi connectivity index (χ1) is 14.9. The van der Waals surface area contributed by atoms with Gasteiger partial charge in [0.1, 0.15) is 5.82 Å². The first-order valence-electron chi connectivity index (χ1n) is 10.7. The minimum absolute atomic E-state index is 0.176. The second kappa shape index (κ2) is 7.69. The number of fused-ring (bicyclic) bond motifs is 2. The number of nitrogens with zero attached hydrogens (tertiary/aromatic N) is 3. The molecule has 0 amide bonds. The van der Waals surface area contributed by atoms with E-state index in [1.54, 1.807) is 0 Å². The van der Waals surface area contributed by atoms with E-state index in [0.717, 1.165) is 34.9 Å². The molecule has 2 aromatic carbocycles. The Balaban J connectivity index is 1.64. The van der Waals surface area contributed by atoms with Crippen LogP contribution in [0.2, 0.25) is 5.02 Å². The van der Waals surface area contributed by atoms with Gasteiger partial charge >= 0.3 is 0 Å². The van der Waals surface area contributed by atoms with Crippen molar-refractivity contribution in [3.05, 3.63) is 93.5 Å². The highest BCUT2D eigenvalue weighted by molar-refractivity contribution is 6.30. The summed E-state index contributed by atoms with van der Waals surface area (Å²) in [5.74, 6) is 0.782. The lowest BCUT2D eigenvalue weighted by atomic mass is 9.93. The Morgan fingerprint density at radius 1 is 1.10 bits per heavy atom. The van der Waals surface area contributed by atoms with Crippen LogP contribution in [-0.4, -0.2) is 16.1 Å². The van der Waals surface area contributed by atoms with E-state index in [0.29, 0.717) is 6.54 Å². The number of hydrogen-bond acceptors (Lipinski definition) is 2. The van der Waals surface area contributed by atoms with Crippen LogP contribution < -0.4 is 4.90 Å². The number of anilines is 1. The van der Waals surface area contributed by atoms with Gasteiger partial charge in [-0.3, -0.25) is 0 Å². The van der Waals surface area contributed by atoms with Gasteiger partial charge in [0, 0.05) is 35.4 Å². The average Bonchev–Trinajstić information content (AvgIpc) is 3.01. The number of pyridine rings is 1. The molecule has 3 nitrogen and oxygen atoms in total. The molecule has 0 radical (unpaired) electrons. The third kappa shape index (κ3) is 3.39. The largest absolute Gasteiger partial charge is 0.348 e. The average molecular weight is 434 g/mol. The highest BCUT2D eigenvalue weighted by Crippen LogP contribution is 2.39. The summed E-state index contributed by atoms with van der Waals surface area (Å²) < 4.78 is 15.7. The molecule has 0 saturated heterocycles. The molecular weight excluding hydrogens is 409 g/mol. The lowest BCUT2D eigenvalue weighted by Crippen LogP contribution is -2.35. The van der Waals surface area contributed by atoms with E-state index in [4.69, 9.17) is 16.6 Å². The molecule has 0 saturated carbocycles. The van der Waals surface area contributed by atoms with Crippen molar-refractivity contribution in [2.24, 2.45) is 0 Å². The van der Waals surface area contributed by atoms with Crippen LogP contribution in [0.15, 0.2) is 54.7 Å². The Bertz CT molecular complexity index is 1280. The molecule has 0 spiro atoms. The normalized spacial score (nSPS) is 16.0. The van der Waals surface area contributed by atoms with Crippen molar-refractivity contribution in [1.82, 2.24) is 9.55 Å². The standard InChI is InChI=1S/C26H25ClFN3/c1-16-17(2)31(15-19-4-8-22(28)9-5-19)25-23(16)10-12-29-26(25)30-13-11-20-6-7-21(27)14-24(20)18(30)3/h4-10,12,14,18H,11,13,15H2,1-3H3. The quantitative estimate of drug-likeness (QED) is 0.362. The summed E-state index contributed by atoms with van der Waals surface area (Å²) in [5.41, 5.74) is 7.30. The van der Waals surface area contributed by atoms with Crippen LogP contribution in [0.4, 0.5) is 10.2 Å². The fourth-order valence-electron chi connectivity index (χ4n) is 4.83. The smallest absolute Gasteiger partial charge is 0.153 e. The maximum absolute atomic E-state index is 13.4. The van der Waals surface area contributed by atoms with E-state index in [1.807, 2.05) is 24.4 Å². The zero-order valence-corrected chi connectivity index (χ0v) is 18.7. The monoisotopic (exact) mass is 433 g/mol. The lowest BCUT2D eigenvalue weighted by Gasteiger charge is -2.37. The molecule has 0 aliphatic carbocycles. The number of hydrogen-bond donors (Lipinski definition) is 0. The molecule has 31 heavy (non-hydrogen) atoms. The predicted molar refractivity (Wildman–Crippen MR) is 126 cm³/mol. The molecule has 1 unspecified atom stereocenters. The SMILES string of the molecule is Cc1c(C)n(Cc2ccc(F)cc2)c2c(N3CCc4ccc(Cl)cc4C3C)nccc12. The van der Waals surface area contributed by atoms with Gasteiger partial charge in [-0.1, -0.05) is 29.8 Å². The lowest BCUT2D eigenvalue weighted by molar-refractivity contribution is 0.617. The van der Waals surface area contributed by atoms with E-state index in [2.05, 4.69) is 48.4 Å². The first-order valence-corrected chi connectivity index (χ1v) is 11.1. The van der Waals surface area contributed by atoms with Gasteiger partial charge in [-0.2, -0.15) is 0 Å². The van der Waals surface area contributed by atoms with Crippen molar-refractivity contribution in [3.8, 4) is 0 Å². The summed E-state index contributed by atoms with van der Waals surface area (Å²) in [6.45, 7) is 8.12. The van der Waals surface area contributed by atoms with Gasteiger partial charge in [-0.15, -0.1) is 0 Å². The summed E-state index contributed by atoms with van der Waals surface area (Å²) in [7, 11) is 0. The molecule has 0 fully saturated rings. The van der Waals surface area contributed by atoms with Crippen molar-refractivity contribution < 1.29 is 4.39 Å². The number of rotatable bonds is 3. The molecule has 1 aliphatic rings. The van der Waals surface area contributed by atoms with Gasteiger partial charge in [0.15, 0.2) is 5.82 Å². The van der Waals surface area contributed by atoms with Crippen LogP contribution in [0, 0.1) is 19.7 Å². The van der Waals surface area contributed by atoms with E-state index < -0.39 is 0 Å². The van der Waals surface area contributed by atoms with Crippen molar-refractivity contribution in [3.63, 3.8) is 0 Å². The maximum atomic E-state index is 13.4. The summed E-state index contributed by atoms with van der Waals surface area (Å²) >= 11 is 6.32. The van der Waals surface area contributed by atoms with Crippen LogP contribution in [0.3, 0.4) is 0 Å². The number of halogens is 2. The van der Waals surface area contributed by atoms with Crippen LogP contribution in [0.5, 0.6) is 0 Å². The Hall–Kier alpha value is -2.85. The zero-order valence-electron chi connectivity index (χ0n) is 18.0. The molecule has 5 rings (SSSR count). The molecule has 1 atom stereocenters. The minimum atomic E-state index is -0.212. The van der Waals surface area contributed by atoms with Gasteiger partial charge in [0.25, 0.3) is 0 Å². The molecule has 0 bridgehead atoms. The molecule has 158 valence electrons. The second-order valence-electron chi connectivity index (χ2n) is 8.42. The highest BCUT2D eigenvalue weighted by atomic mass is 35.5. The van der Waals surface area contributed by atoms with Crippen LogP contribution in [-0.2, 0) is 13.0 Å². The van der Waals surface area contributed by atoms with E-state index >= 15 is 0 Å². The van der Waals surface area contributed by atoms with E-state index in [-0.39, 0.29) is 11.9 Å². The molecule has 5 heteroatoms. The first kappa shape index (κ1) is 20.1. The number of aryl methyl sites for hydroxylation is 1. The van der Waals surface area contributed by atoms with Crippen LogP contribution >= 0.6 is 11.6 Å². The van der Waals surface area contributed by atoms with Gasteiger partial charge in [-0.25, -0.2) is 9.37 Å². The van der Waals surface area contributed by atoms with Crippen LogP contribution in [0.25, 0.3) is 10.9 Å². The summed E-state index contributed by atoms with van der Waals surface area (Å²) in [5, 5.41) is 1.98. The van der Waals surface area contributed by atoms with Gasteiger partial charge in [0.05, 0.1) is 11.6 Å². The summed E-state index contributed by atoms with van der Waals surface area (Å²) in [6.07, 6.45) is 2.87. The Labute approximate surface area is 187 Å². The third-order valence-electron chi connectivity index (χ3n) is 6.70. The second-order valence-corrected chi connectivity index (χ2v) is 8.85.